The first-order valence-corrected chi connectivity index (χ1v) is 9.48. The summed E-state index contributed by atoms with van der Waals surface area (Å²) < 4.78 is 5.83. The molecular weight excluding hydrogens is 392 g/mol. The second-order valence-electron chi connectivity index (χ2n) is 5.93. The number of aromatic amines is 1. The smallest absolute Gasteiger partial charge is 0.275 e. The van der Waals surface area contributed by atoms with E-state index in [2.05, 4.69) is 26.2 Å². The van der Waals surface area contributed by atoms with E-state index in [4.69, 9.17) is 4.74 Å². The standard InChI is InChI=1S/C21H17BrN2O2/c22-11-12-26-20-17-7-3-4-8-18(17)24-19(20)21(25)23-16-10-9-14-5-1-2-6-15(14)13-16/h1-10,13,24H,11-12H2,(H,23,25). The van der Waals surface area contributed by atoms with Crippen LogP contribution in [-0.2, 0) is 0 Å². The van der Waals surface area contributed by atoms with Crippen LogP contribution in [0, 0.1) is 0 Å². The van der Waals surface area contributed by atoms with Crippen molar-refractivity contribution in [3.05, 3.63) is 72.4 Å². The van der Waals surface area contributed by atoms with Crippen molar-refractivity contribution in [1.82, 2.24) is 4.98 Å². The number of ether oxygens (including phenoxy) is 1. The molecule has 5 heteroatoms. The Morgan fingerprint density at radius 3 is 2.62 bits per heavy atom. The Labute approximate surface area is 159 Å². The number of amides is 1. The van der Waals surface area contributed by atoms with E-state index in [9.17, 15) is 4.79 Å². The van der Waals surface area contributed by atoms with Crippen LogP contribution in [0.15, 0.2) is 66.7 Å². The molecule has 0 saturated carbocycles. The molecule has 0 fully saturated rings. The maximum atomic E-state index is 12.9. The highest BCUT2D eigenvalue weighted by molar-refractivity contribution is 9.09. The van der Waals surface area contributed by atoms with E-state index < -0.39 is 0 Å². The lowest BCUT2D eigenvalue weighted by atomic mass is 10.1. The van der Waals surface area contributed by atoms with E-state index >= 15 is 0 Å². The minimum atomic E-state index is -0.221. The van der Waals surface area contributed by atoms with Crippen molar-refractivity contribution in [2.24, 2.45) is 0 Å². The van der Waals surface area contributed by atoms with Crippen LogP contribution in [-0.4, -0.2) is 22.8 Å². The molecule has 0 atom stereocenters. The quantitative estimate of drug-likeness (QED) is 0.437. The van der Waals surface area contributed by atoms with Crippen LogP contribution < -0.4 is 10.1 Å². The van der Waals surface area contributed by atoms with Crippen molar-refractivity contribution >= 4 is 49.2 Å². The number of alkyl halides is 1. The number of hydrogen-bond acceptors (Lipinski definition) is 2. The van der Waals surface area contributed by atoms with Crippen LogP contribution in [0.2, 0.25) is 0 Å². The average molecular weight is 409 g/mol. The Hall–Kier alpha value is -2.79. The largest absolute Gasteiger partial charge is 0.490 e. The number of para-hydroxylation sites is 1. The van der Waals surface area contributed by atoms with Crippen molar-refractivity contribution in [1.29, 1.82) is 0 Å². The van der Waals surface area contributed by atoms with Gasteiger partial charge in [0.25, 0.3) is 5.91 Å². The molecule has 4 nitrogen and oxygen atoms in total. The third-order valence-electron chi connectivity index (χ3n) is 4.22. The molecule has 1 aromatic heterocycles. The molecule has 4 aromatic rings. The van der Waals surface area contributed by atoms with Gasteiger partial charge in [-0.2, -0.15) is 0 Å². The number of hydrogen-bond donors (Lipinski definition) is 2. The fourth-order valence-electron chi connectivity index (χ4n) is 3.03. The molecule has 1 amide bonds. The third kappa shape index (κ3) is 3.18. The van der Waals surface area contributed by atoms with Gasteiger partial charge in [-0.05, 0) is 35.0 Å². The van der Waals surface area contributed by atoms with E-state index in [1.54, 1.807) is 0 Å². The summed E-state index contributed by atoms with van der Waals surface area (Å²) in [5.41, 5.74) is 2.06. The van der Waals surface area contributed by atoms with Gasteiger partial charge >= 0.3 is 0 Å². The molecule has 0 aliphatic rings. The highest BCUT2D eigenvalue weighted by atomic mass is 79.9. The molecule has 130 valence electrons. The van der Waals surface area contributed by atoms with Gasteiger partial charge in [-0.25, -0.2) is 0 Å². The summed E-state index contributed by atoms with van der Waals surface area (Å²) in [4.78, 5) is 16.0. The summed E-state index contributed by atoms with van der Waals surface area (Å²) in [6, 6.07) is 21.7. The van der Waals surface area contributed by atoms with Gasteiger partial charge < -0.3 is 15.0 Å². The number of aromatic nitrogens is 1. The van der Waals surface area contributed by atoms with Gasteiger partial charge in [0.2, 0.25) is 0 Å². The van der Waals surface area contributed by atoms with Gasteiger partial charge in [0.1, 0.15) is 5.69 Å². The number of carbonyl (C=O) groups is 1. The number of H-pyrrole nitrogens is 1. The molecule has 1 heterocycles. The van der Waals surface area contributed by atoms with E-state index in [0.717, 1.165) is 27.4 Å². The Bertz CT molecular complexity index is 1090. The molecule has 26 heavy (non-hydrogen) atoms. The van der Waals surface area contributed by atoms with Gasteiger partial charge in [-0.1, -0.05) is 58.4 Å². The molecule has 3 aromatic carbocycles. The van der Waals surface area contributed by atoms with E-state index in [1.165, 1.54) is 0 Å². The summed E-state index contributed by atoms with van der Waals surface area (Å²) in [6.45, 7) is 0.484. The summed E-state index contributed by atoms with van der Waals surface area (Å²) in [5, 5.41) is 6.78. The highest BCUT2D eigenvalue weighted by Crippen LogP contribution is 2.31. The van der Waals surface area contributed by atoms with Crippen LogP contribution >= 0.6 is 15.9 Å². The monoisotopic (exact) mass is 408 g/mol. The molecule has 0 spiro atoms. The lowest BCUT2D eigenvalue weighted by Crippen LogP contribution is -2.14. The maximum Gasteiger partial charge on any atom is 0.275 e. The summed E-state index contributed by atoms with van der Waals surface area (Å²) in [5.74, 6) is 0.361. The van der Waals surface area contributed by atoms with Gasteiger partial charge in [-0.3, -0.25) is 4.79 Å². The van der Waals surface area contributed by atoms with Crippen LogP contribution in [0.4, 0.5) is 5.69 Å². The second kappa shape index (κ2) is 7.22. The topological polar surface area (TPSA) is 54.1 Å². The zero-order valence-electron chi connectivity index (χ0n) is 14.0. The fraction of sp³-hybridized carbons (Fsp3) is 0.0952. The Balaban J connectivity index is 1.68. The number of benzene rings is 3. The molecule has 0 bridgehead atoms. The first kappa shape index (κ1) is 16.7. The molecule has 4 rings (SSSR count). The zero-order valence-corrected chi connectivity index (χ0v) is 15.5. The number of carbonyl (C=O) groups excluding carboxylic acids is 1. The lowest BCUT2D eigenvalue weighted by Gasteiger charge is -2.08. The van der Waals surface area contributed by atoms with Gasteiger partial charge in [-0.15, -0.1) is 0 Å². The molecule has 2 N–H and O–H groups in total. The van der Waals surface area contributed by atoms with Crippen LogP contribution in [0.5, 0.6) is 5.75 Å². The normalized spacial score (nSPS) is 11.0. The fourth-order valence-corrected chi connectivity index (χ4v) is 3.19. The molecule has 0 aliphatic heterocycles. The molecule has 0 radical (unpaired) electrons. The number of anilines is 1. The third-order valence-corrected chi connectivity index (χ3v) is 4.54. The van der Waals surface area contributed by atoms with Gasteiger partial charge in [0, 0.05) is 21.9 Å². The SMILES string of the molecule is O=C(Nc1ccc2ccccc2c1)c1[nH]c2ccccc2c1OCCBr. The van der Waals surface area contributed by atoms with E-state index in [-0.39, 0.29) is 5.91 Å². The van der Waals surface area contributed by atoms with Crippen LogP contribution in [0.1, 0.15) is 10.5 Å². The van der Waals surface area contributed by atoms with Gasteiger partial charge in [0.15, 0.2) is 5.75 Å². The second-order valence-corrected chi connectivity index (χ2v) is 6.72. The molecule has 0 unspecified atom stereocenters. The van der Waals surface area contributed by atoms with Crippen molar-refractivity contribution in [3.63, 3.8) is 0 Å². The molecule has 0 saturated heterocycles. The van der Waals surface area contributed by atoms with E-state index in [0.29, 0.717) is 23.4 Å². The van der Waals surface area contributed by atoms with Crippen molar-refractivity contribution in [2.75, 3.05) is 17.3 Å². The maximum absolute atomic E-state index is 12.9. The molecule has 0 aliphatic carbocycles. The van der Waals surface area contributed by atoms with Crippen molar-refractivity contribution in [2.45, 2.75) is 0 Å². The number of rotatable bonds is 5. The van der Waals surface area contributed by atoms with Gasteiger partial charge in [0.05, 0.1) is 6.61 Å². The number of nitrogens with one attached hydrogen (secondary N) is 2. The Kier molecular flexibility index (Phi) is 4.63. The minimum Gasteiger partial charge on any atom is -0.490 e. The summed E-state index contributed by atoms with van der Waals surface area (Å²) in [6.07, 6.45) is 0. The number of halogens is 1. The highest BCUT2D eigenvalue weighted by Gasteiger charge is 2.19. The van der Waals surface area contributed by atoms with E-state index in [1.807, 2.05) is 66.7 Å². The predicted octanol–water partition coefficient (Wildman–Crippen LogP) is 5.35. The summed E-state index contributed by atoms with van der Waals surface area (Å²) >= 11 is 3.36. The lowest BCUT2D eigenvalue weighted by molar-refractivity contribution is 0.101. The minimum absolute atomic E-state index is 0.221. The first-order valence-electron chi connectivity index (χ1n) is 8.36. The molecular formula is C21H17BrN2O2. The van der Waals surface area contributed by atoms with Crippen molar-refractivity contribution < 1.29 is 9.53 Å². The Morgan fingerprint density at radius 2 is 1.77 bits per heavy atom. The predicted molar refractivity (Wildman–Crippen MR) is 109 cm³/mol. The van der Waals surface area contributed by atoms with Crippen LogP contribution in [0.3, 0.4) is 0 Å². The number of fused-ring (bicyclic) bond motifs is 2. The summed E-state index contributed by atoms with van der Waals surface area (Å²) in [7, 11) is 0. The Morgan fingerprint density at radius 1 is 1.00 bits per heavy atom. The zero-order chi connectivity index (χ0) is 17.9. The first-order chi connectivity index (χ1) is 12.8. The average Bonchev–Trinajstić information content (AvgIpc) is 3.05. The van der Waals surface area contributed by atoms with Crippen molar-refractivity contribution in [3.8, 4) is 5.75 Å². The van der Waals surface area contributed by atoms with Crippen LogP contribution in [0.25, 0.3) is 21.7 Å².